The smallest absolute Gasteiger partial charge is 0.335 e. The summed E-state index contributed by atoms with van der Waals surface area (Å²) in [6.45, 7) is 2.08. The number of aromatic carboxylic acids is 1. The van der Waals surface area contributed by atoms with Gasteiger partial charge in [0.05, 0.1) is 5.56 Å². The molecule has 2 rings (SSSR count). The highest BCUT2D eigenvalue weighted by atomic mass is 16.4. The summed E-state index contributed by atoms with van der Waals surface area (Å²) >= 11 is 0. The molecule has 2 heteroatoms. The Kier molecular flexibility index (Phi) is 4.19. The van der Waals surface area contributed by atoms with E-state index in [0.717, 1.165) is 5.92 Å². The standard InChI is InChI=1S/C16H20O2/c1-2-3-12-4-6-13(7-5-12)14-8-10-15(11-9-14)16(17)18/h2-3,8-13H,4-7H2,1H3,(H,17,18)/b3-2+. The minimum absolute atomic E-state index is 0.376. The fraction of sp³-hybridized carbons (Fsp3) is 0.438. The summed E-state index contributed by atoms with van der Waals surface area (Å²) in [5, 5.41) is 8.87. The number of allylic oxidation sites excluding steroid dienone is 2. The van der Waals surface area contributed by atoms with Gasteiger partial charge in [0.2, 0.25) is 0 Å². The predicted octanol–water partition coefficient (Wildman–Crippen LogP) is 4.23. The largest absolute Gasteiger partial charge is 0.478 e. The van der Waals surface area contributed by atoms with Gasteiger partial charge in [-0.3, -0.25) is 0 Å². The minimum Gasteiger partial charge on any atom is -0.478 e. The number of benzene rings is 1. The first-order valence-electron chi connectivity index (χ1n) is 6.66. The molecule has 1 N–H and O–H groups in total. The maximum absolute atomic E-state index is 10.8. The molecule has 0 heterocycles. The van der Waals surface area contributed by atoms with Crippen molar-refractivity contribution in [2.24, 2.45) is 5.92 Å². The summed E-state index contributed by atoms with van der Waals surface area (Å²) in [5.74, 6) is 0.497. The number of carbonyl (C=O) groups is 1. The highest BCUT2D eigenvalue weighted by Gasteiger charge is 2.20. The average molecular weight is 244 g/mol. The Hall–Kier alpha value is -1.57. The Bertz CT molecular complexity index is 423. The molecule has 18 heavy (non-hydrogen) atoms. The van der Waals surface area contributed by atoms with Crippen molar-refractivity contribution >= 4 is 5.97 Å². The van der Waals surface area contributed by atoms with Crippen molar-refractivity contribution in [2.45, 2.75) is 38.5 Å². The van der Waals surface area contributed by atoms with E-state index in [1.165, 1.54) is 31.2 Å². The van der Waals surface area contributed by atoms with Crippen LogP contribution in [0.4, 0.5) is 0 Å². The van der Waals surface area contributed by atoms with Crippen molar-refractivity contribution in [1.82, 2.24) is 0 Å². The van der Waals surface area contributed by atoms with Crippen molar-refractivity contribution in [3.8, 4) is 0 Å². The van der Waals surface area contributed by atoms with E-state index in [4.69, 9.17) is 5.11 Å². The van der Waals surface area contributed by atoms with Crippen LogP contribution in [0.3, 0.4) is 0 Å². The van der Waals surface area contributed by atoms with Crippen molar-refractivity contribution in [2.75, 3.05) is 0 Å². The molecule has 1 fully saturated rings. The summed E-state index contributed by atoms with van der Waals surface area (Å²) in [6.07, 6.45) is 9.37. The van der Waals surface area contributed by atoms with Crippen molar-refractivity contribution in [3.05, 3.63) is 47.5 Å². The number of rotatable bonds is 3. The highest BCUT2D eigenvalue weighted by molar-refractivity contribution is 5.87. The first-order chi connectivity index (χ1) is 8.70. The second-order valence-corrected chi connectivity index (χ2v) is 5.06. The van der Waals surface area contributed by atoms with Crippen molar-refractivity contribution < 1.29 is 9.90 Å². The highest BCUT2D eigenvalue weighted by Crippen LogP contribution is 2.36. The van der Waals surface area contributed by atoms with Gasteiger partial charge in [-0.15, -0.1) is 0 Å². The van der Waals surface area contributed by atoms with Crippen molar-refractivity contribution in [1.29, 1.82) is 0 Å². The summed E-state index contributed by atoms with van der Waals surface area (Å²) in [4.78, 5) is 10.8. The average Bonchev–Trinajstić information content (AvgIpc) is 2.40. The molecule has 1 aliphatic rings. The number of hydrogen-bond donors (Lipinski definition) is 1. The van der Waals surface area contributed by atoms with E-state index < -0.39 is 5.97 Å². The van der Waals surface area contributed by atoms with Gasteiger partial charge in [-0.1, -0.05) is 24.3 Å². The number of carboxylic acid groups (broad SMARTS) is 1. The molecule has 0 amide bonds. The van der Waals surface area contributed by atoms with E-state index in [9.17, 15) is 4.79 Å². The maximum atomic E-state index is 10.8. The van der Waals surface area contributed by atoms with E-state index >= 15 is 0 Å². The Labute approximate surface area is 108 Å². The molecule has 1 aromatic rings. The van der Waals surface area contributed by atoms with Gasteiger partial charge in [0, 0.05) is 0 Å². The third kappa shape index (κ3) is 3.00. The fourth-order valence-electron chi connectivity index (χ4n) is 2.82. The Balaban J connectivity index is 1.99. The lowest BCUT2D eigenvalue weighted by Gasteiger charge is -2.27. The second kappa shape index (κ2) is 5.85. The molecule has 0 saturated heterocycles. The lowest BCUT2D eigenvalue weighted by Crippen LogP contribution is -2.11. The summed E-state index contributed by atoms with van der Waals surface area (Å²) in [6, 6.07) is 7.39. The van der Waals surface area contributed by atoms with Gasteiger partial charge in [0.1, 0.15) is 0 Å². The van der Waals surface area contributed by atoms with Crippen LogP contribution in [0.1, 0.15) is 54.4 Å². The molecule has 0 unspecified atom stereocenters. The zero-order valence-electron chi connectivity index (χ0n) is 10.8. The molecule has 96 valence electrons. The topological polar surface area (TPSA) is 37.3 Å². The third-order valence-corrected chi connectivity index (χ3v) is 3.87. The lowest BCUT2D eigenvalue weighted by atomic mass is 9.78. The first kappa shape index (κ1) is 12.9. The van der Waals surface area contributed by atoms with Crippen LogP contribution in [0.15, 0.2) is 36.4 Å². The minimum atomic E-state index is -0.849. The molecule has 0 radical (unpaired) electrons. The van der Waals surface area contributed by atoms with Gasteiger partial charge in [-0.05, 0) is 62.1 Å². The van der Waals surface area contributed by atoms with Gasteiger partial charge < -0.3 is 5.11 Å². The van der Waals surface area contributed by atoms with Gasteiger partial charge in [0.25, 0.3) is 0 Å². The molecule has 0 atom stereocenters. The first-order valence-corrected chi connectivity index (χ1v) is 6.66. The van der Waals surface area contributed by atoms with Crippen molar-refractivity contribution in [3.63, 3.8) is 0 Å². The third-order valence-electron chi connectivity index (χ3n) is 3.87. The molecule has 0 spiro atoms. The SMILES string of the molecule is C/C=C/C1CCC(c2ccc(C(=O)O)cc2)CC1. The van der Waals surface area contributed by atoms with Gasteiger partial charge in [-0.25, -0.2) is 4.79 Å². The Morgan fingerprint density at radius 1 is 1.17 bits per heavy atom. The number of hydrogen-bond acceptors (Lipinski definition) is 1. The summed E-state index contributed by atoms with van der Waals surface area (Å²) in [7, 11) is 0. The summed E-state index contributed by atoms with van der Waals surface area (Å²) < 4.78 is 0. The molecular weight excluding hydrogens is 224 g/mol. The monoisotopic (exact) mass is 244 g/mol. The normalized spacial score (nSPS) is 24.3. The Morgan fingerprint density at radius 3 is 2.28 bits per heavy atom. The molecule has 2 nitrogen and oxygen atoms in total. The molecule has 0 aliphatic heterocycles. The van der Waals surface area contributed by atoms with E-state index in [1.807, 2.05) is 12.1 Å². The quantitative estimate of drug-likeness (QED) is 0.808. The summed E-state index contributed by atoms with van der Waals surface area (Å²) in [5.41, 5.74) is 1.67. The van der Waals surface area contributed by atoms with Crippen LogP contribution in [0, 0.1) is 5.92 Å². The lowest BCUT2D eigenvalue weighted by molar-refractivity contribution is 0.0697. The Morgan fingerprint density at radius 2 is 1.78 bits per heavy atom. The molecule has 0 bridgehead atoms. The number of carboxylic acids is 1. The van der Waals surface area contributed by atoms with Gasteiger partial charge >= 0.3 is 5.97 Å². The molecule has 1 aliphatic carbocycles. The van der Waals surface area contributed by atoms with Crippen LogP contribution in [0.25, 0.3) is 0 Å². The molecule has 0 aromatic heterocycles. The fourth-order valence-corrected chi connectivity index (χ4v) is 2.82. The van der Waals surface area contributed by atoms with Gasteiger partial charge in [-0.2, -0.15) is 0 Å². The zero-order valence-corrected chi connectivity index (χ0v) is 10.8. The van der Waals surface area contributed by atoms with Crippen LogP contribution in [0.2, 0.25) is 0 Å². The van der Waals surface area contributed by atoms with Crippen LogP contribution in [-0.2, 0) is 0 Å². The van der Waals surface area contributed by atoms with E-state index in [1.54, 1.807) is 12.1 Å². The molecule has 1 aromatic carbocycles. The van der Waals surface area contributed by atoms with Crippen LogP contribution >= 0.6 is 0 Å². The van der Waals surface area contributed by atoms with Crippen LogP contribution in [0.5, 0.6) is 0 Å². The van der Waals surface area contributed by atoms with E-state index in [0.29, 0.717) is 11.5 Å². The second-order valence-electron chi connectivity index (χ2n) is 5.06. The molecular formula is C16H20O2. The predicted molar refractivity (Wildman–Crippen MR) is 72.9 cm³/mol. The van der Waals surface area contributed by atoms with Crippen LogP contribution in [-0.4, -0.2) is 11.1 Å². The van der Waals surface area contributed by atoms with Gasteiger partial charge in [0.15, 0.2) is 0 Å². The zero-order chi connectivity index (χ0) is 13.0. The maximum Gasteiger partial charge on any atom is 0.335 e. The van der Waals surface area contributed by atoms with E-state index in [-0.39, 0.29) is 0 Å². The molecule has 1 saturated carbocycles. The van der Waals surface area contributed by atoms with E-state index in [2.05, 4.69) is 19.1 Å². The van der Waals surface area contributed by atoms with Crippen LogP contribution < -0.4 is 0 Å².